The van der Waals surface area contributed by atoms with Crippen LogP contribution in [0.5, 0.6) is 0 Å². The van der Waals surface area contributed by atoms with E-state index in [1.165, 1.54) is 0 Å². The molecule has 0 bridgehead atoms. The van der Waals surface area contributed by atoms with E-state index in [0.29, 0.717) is 12.3 Å². The number of nitrogens with one attached hydrogen (secondary N) is 1. The number of hydrogen-bond acceptors (Lipinski definition) is 3. The lowest BCUT2D eigenvalue weighted by Gasteiger charge is -2.13. The van der Waals surface area contributed by atoms with Gasteiger partial charge in [0.05, 0.1) is 11.4 Å². The summed E-state index contributed by atoms with van der Waals surface area (Å²) in [6, 6.07) is 7.46. The Morgan fingerprint density at radius 1 is 1.35 bits per heavy atom. The number of benzene rings is 1. The zero-order valence-corrected chi connectivity index (χ0v) is 12.6. The Balaban J connectivity index is 2.75. The minimum atomic E-state index is -0.163. The summed E-state index contributed by atoms with van der Waals surface area (Å²) in [4.78, 5) is 18.2. The van der Waals surface area contributed by atoms with Gasteiger partial charge in [0.1, 0.15) is 12.4 Å². The summed E-state index contributed by atoms with van der Waals surface area (Å²) >= 11 is 0. The molecule has 0 fully saturated rings. The molecule has 0 aromatic heterocycles. The van der Waals surface area contributed by atoms with Crippen LogP contribution in [0.2, 0.25) is 0 Å². The third-order valence-electron chi connectivity index (χ3n) is 2.69. The predicted molar refractivity (Wildman–Crippen MR) is 82.6 cm³/mol. The van der Waals surface area contributed by atoms with Gasteiger partial charge in [-0.1, -0.05) is 19.1 Å². The number of carbonyl (C=O) groups is 1. The molecule has 0 saturated carbocycles. The third-order valence-corrected chi connectivity index (χ3v) is 2.69. The molecular formula is C15H23N3O2. The number of carbonyl (C=O) groups excluding carboxylic acids is 1. The Labute approximate surface area is 120 Å². The van der Waals surface area contributed by atoms with E-state index in [1.807, 2.05) is 57.1 Å². The first-order valence-corrected chi connectivity index (χ1v) is 6.73. The average molecular weight is 277 g/mol. The van der Waals surface area contributed by atoms with Gasteiger partial charge in [-0.25, -0.2) is 4.99 Å². The first-order valence-electron chi connectivity index (χ1n) is 6.73. The second-order valence-electron chi connectivity index (χ2n) is 4.67. The van der Waals surface area contributed by atoms with Crippen LogP contribution in [0.15, 0.2) is 29.3 Å². The summed E-state index contributed by atoms with van der Waals surface area (Å²) in [7, 11) is 3.86. The first kappa shape index (κ1) is 16.2. The molecule has 1 N–H and O–H groups in total. The van der Waals surface area contributed by atoms with E-state index in [2.05, 4.69) is 10.3 Å². The number of hydrogen-bond donors (Lipinski definition) is 1. The van der Waals surface area contributed by atoms with Gasteiger partial charge in [0.2, 0.25) is 5.91 Å². The van der Waals surface area contributed by atoms with Crippen LogP contribution < -0.4 is 5.32 Å². The SMILES string of the molecule is CCCOCC(=O)Nc1ccccc1N=C(C)N(C)C. The quantitative estimate of drug-likeness (QED) is 0.494. The molecule has 0 saturated heterocycles. The van der Waals surface area contributed by atoms with Crippen molar-refractivity contribution in [2.75, 3.05) is 32.6 Å². The number of aliphatic imine (C=N–C) groups is 1. The smallest absolute Gasteiger partial charge is 0.250 e. The van der Waals surface area contributed by atoms with Crippen LogP contribution >= 0.6 is 0 Å². The van der Waals surface area contributed by atoms with Crippen LogP contribution in [-0.2, 0) is 9.53 Å². The molecule has 1 aromatic carbocycles. The van der Waals surface area contributed by atoms with Crippen molar-refractivity contribution in [2.45, 2.75) is 20.3 Å². The van der Waals surface area contributed by atoms with Gasteiger partial charge in [-0.3, -0.25) is 4.79 Å². The minimum absolute atomic E-state index is 0.0680. The Hall–Kier alpha value is -1.88. The number of amidine groups is 1. The summed E-state index contributed by atoms with van der Waals surface area (Å²) in [6.45, 7) is 4.58. The Morgan fingerprint density at radius 3 is 2.70 bits per heavy atom. The van der Waals surface area contributed by atoms with Crippen molar-refractivity contribution in [3.05, 3.63) is 24.3 Å². The maximum atomic E-state index is 11.8. The zero-order chi connectivity index (χ0) is 15.0. The molecule has 1 amide bonds. The molecule has 5 heteroatoms. The third kappa shape index (κ3) is 5.40. The maximum Gasteiger partial charge on any atom is 0.250 e. The van der Waals surface area contributed by atoms with Crippen LogP contribution in [0, 0.1) is 0 Å². The van der Waals surface area contributed by atoms with Gasteiger partial charge in [-0.15, -0.1) is 0 Å². The van der Waals surface area contributed by atoms with Crippen molar-refractivity contribution in [3.63, 3.8) is 0 Å². The lowest BCUT2D eigenvalue weighted by Crippen LogP contribution is -2.19. The van der Waals surface area contributed by atoms with E-state index in [1.54, 1.807) is 0 Å². The van der Waals surface area contributed by atoms with Gasteiger partial charge >= 0.3 is 0 Å². The molecule has 20 heavy (non-hydrogen) atoms. The maximum absolute atomic E-state index is 11.8. The normalized spacial score (nSPS) is 11.3. The van der Waals surface area contributed by atoms with Crippen LogP contribution in [0.25, 0.3) is 0 Å². The highest BCUT2D eigenvalue weighted by Gasteiger charge is 2.06. The number of rotatable bonds is 6. The molecule has 0 aliphatic carbocycles. The molecule has 0 heterocycles. The first-order chi connectivity index (χ1) is 9.54. The van der Waals surface area contributed by atoms with Crippen molar-refractivity contribution >= 4 is 23.1 Å². The molecule has 0 unspecified atom stereocenters. The van der Waals surface area contributed by atoms with E-state index in [9.17, 15) is 4.79 Å². The van der Waals surface area contributed by atoms with E-state index in [-0.39, 0.29) is 12.5 Å². The van der Waals surface area contributed by atoms with E-state index in [4.69, 9.17) is 4.74 Å². The molecule has 0 aliphatic rings. The number of anilines is 1. The van der Waals surface area contributed by atoms with Crippen LogP contribution in [-0.4, -0.2) is 44.0 Å². The van der Waals surface area contributed by atoms with Crippen molar-refractivity contribution in [1.82, 2.24) is 4.90 Å². The topological polar surface area (TPSA) is 53.9 Å². The predicted octanol–water partition coefficient (Wildman–Crippen LogP) is 2.66. The number of ether oxygens (including phenoxy) is 1. The Bertz CT molecular complexity index is 470. The lowest BCUT2D eigenvalue weighted by molar-refractivity contribution is -0.120. The summed E-state index contributed by atoms with van der Waals surface area (Å²) in [5.41, 5.74) is 1.43. The van der Waals surface area contributed by atoms with Gasteiger partial charge < -0.3 is 15.0 Å². The molecule has 1 rings (SSSR count). The summed E-state index contributed by atoms with van der Waals surface area (Å²) < 4.78 is 5.22. The van der Waals surface area contributed by atoms with Crippen molar-refractivity contribution in [1.29, 1.82) is 0 Å². The van der Waals surface area contributed by atoms with Crippen LogP contribution in [0.1, 0.15) is 20.3 Å². The lowest BCUT2D eigenvalue weighted by atomic mass is 10.2. The van der Waals surface area contributed by atoms with Gasteiger partial charge in [0.25, 0.3) is 0 Å². The standard InChI is InChI=1S/C15H23N3O2/c1-5-10-20-11-15(19)17-14-9-7-6-8-13(14)16-12(2)18(3)4/h6-9H,5,10-11H2,1-4H3,(H,17,19). The van der Waals surface area contributed by atoms with E-state index < -0.39 is 0 Å². The fourth-order valence-electron chi connectivity index (χ4n) is 1.45. The number of amides is 1. The van der Waals surface area contributed by atoms with Crippen molar-refractivity contribution < 1.29 is 9.53 Å². The molecule has 0 aliphatic heterocycles. The van der Waals surface area contributed by atoms with Gasteiger partial charge in [-0.05, 0) is 25.5 Å². The second-order valence-corrected chi connectivity index (χ2v) is 4.67. The van der Waals surface area contributed by atoms with Crippen molar-refractivity contribution in [3.8, 4) is 0 Å². The second kappa shape index (κ2) is 8.32. The molecule has 1 aromatic rings. The van der Waals surface area contributed by atoms with Gasteiger partial charge in [-0.2, -0.15) is 0 Å². The number of nitrogens with zero attached hydrogens (tertiary/aromatic N) is 2. The van der Waals surface area contributed by atoms with Crippen LogP contribution in [0.3, 0.4) is 0 Å². The average Bonchev–Trinajstić information content (AvgIpc) is 2.41. The monoisotopic (exact) mass is 277 g/mol. The summed E-state index contributed by atoms with van der Waals surface area (Å²) in [5, 5.41) is 2.82. The number of para-hydroxylation sites is 2. The highest BCUT2D eigenvalue weighted by molar-refractivity contribution is 5.95. The van der Waals surface area contributed by atoms with Gasteiger partial charge in [0, 0.05) is 20.7 Å². The highest BCUT2D eigenvalue weighted by atomic mass is 16.5. The minimum Gasteiger partial charge on any atom is -0.372 e. The van der Waals surface area contributed by atoms with Gasteiger partial charge in [0.15, 0.2) is 0 Å². The highest BCUT2D eigenvalue weighted by Crippen LogP contribution is 2.24. The Kier molecular flexibility index (Phi) is 6.73. The molecule has 0 radical (unpaired) electrons. The summed E-state index contributed by atoms with van der Waals surface area (Å²) in [6.07, 6.45) is 0.899. The molecular weight excluding hydrogens is 254 g/mol. The van der Waals surface area contributed by atoms with Crippen molar-refractivity contribution in [2.24, 2.45) is 4.99 Å². The van der Waals surface area contributed by atoms with E-state index in [0.717, 1.165) is 17.9 Å². The van der Waals surface area contributed by atoms with E-state index >= 15 is 0 Å². The Morgan fingerprint density at radius 2 is 2.05 bits per heavy atom. The molecule has 0 atom stereocenters. The fraction of sp³-hybridized carbons (Fsp3) is 0.467. The fourth-order valence-corrected chi connectivity index (χ4v) is 1.45. The molecule has 5 nitrogen and oxygen atoms in total. The summed E-state index contributed by atoms with van der Waals surface area (Å²) in [5.74, 6) is 0.706. The zero-order valence-electron chi connectivity index (χ0n) is 12.6. The molecule has 0 spiro atoms. The van der Waals surface area contributed by atoms with Crippen LogP contribution in [0.4, 0.5) is 11.4 Å². The largest absolute Gasteiger partial charge is 0.372 e. The molecule has 110 valence electrons.